The zero-order valence-corrected chi connectivity index (χ0v) is 16.4. The fraction of sp³-hybridized carbons (Fsp3) is 0.150. The molecule has 0 saturated heterocycles. The molecular weight excluding hydrogens is 380 g/mol. The Kier molecular flexibility index (Phi) is 5.96. The van der Waals surface area contributed by atoms with Crippen molar-refractivity contribution in [3.63, 3.8) is 0 Å². The first-order valence-electron chi connectivity index (χ1n) is 8.38. The summed E-state index contributed by atoms with van der Waals surface area (Å²) in [6, 6.07) is 10.7. The van der Waals surface area contributed by atoms with Gasteiger partial charge in [-0.15, -0.1) is 0 Å². The quantitative estimate of drug-likeness (QED) is 0.638. The van der Waals surface area contributed by atoms with Gasteiger partial charge < -0.3 is 20.1 Å². The zero-order chi connectivity index (χ0) is 20.1. The summed E-state index contributed by atoms with van der Waals surface area (Å²) >= 11 is 6.12. The molecule has 144 valence electrons. The topological polar surface area (TPSA) is 85.4 Å². The van der Waals surface area contributed by atoms with Crippen LogP contribution in [0.15, 0.2) is 48.8 Å². The van der Waals surface area contributed by atoms with E-state index in [9.17, 15) is 4.79 Å². The van der Waals surface area contributed by atoms with Crippen LogP contribution in [0.3, 0.4) is 0 Å². The van der Waals surface area contributed by atoms with E-state index >= 15 is 0 Å². The first-order chi connectivity index (χ1) is 13.5. The second-order valence-corrected chi connectivity index (χ2v) is 6.31. The highest BCUT2D eigenvalue weighted by Gasteiger charge is 2.12. The summed E-state index contributed by atoms with van der Waals surface area (Å²) in [5.74, 6) is 1.12. The number of anilines is 3. The Balaban J connectivity index is 1.70. The van der Waals surface area contributed by atoms with Gasteiger partial charge in [0.1, 0.15) is 11.5 Å². The Hall–Kier alpha value is -3.32. The number of nitrogens with zero attached hydrogens (tertiary/aromatic N) is 2. The lowest BCUT2D eigenvalue weighted by molar-refractivity contribution is 0.102. The second kappa shape index (κ2) is 8.58. The smallest absolute Gasteiger partial charge is 0.258 e. The predicted molar refractivity (Wildman–Crippen MR) is 109 cm³/mol. The summed E-state index contributed by atoms with van der Waals surface area (Å²) < 4.78 is 10.4. The van der Waals surface area contributed by atoms with Crippen LogP contribution in [0.2, 0.25) is 5.02 Å². The summed E-state index contributed by atoms with van der Waals surface area (Å²) in [6.07, 6.45) is 2.88. The zero-order valence-electron chi connectivity index (χ0n) is 15.6. The second-order valence-electron chi connectivity index (χ2n) is 5.90. The first-order valence-corrected chi connectivity index (χ1v) is 8.76. The largest absolute Gasteiger partial charge is 0.497 e. The molecule has 0 spiro atoms. The van der Waals surface area contributed by atoms with Crippen LogP contribution in [0.1, 0.15) is 15.9 Å². The summed E-state index contributed by atoms with van der Waals surface area (Å²) in [7, 11) is 3.08. The van der Waals surface area contributed by atoms with Crippen molar-refractivity contribution in [3.05, 3.63) is 64.9 Å². The van der Waals surface area contributed by atoms with E-state index in [0.29, 0.717) is 33.7 Å². The first kappa shape index (κ1) is 19.4. The van der Waals surface area contributed by atoms with Crippen molar-refractivity contribution in [1.82, 2.24) is 9.97 Å². The van der Waals surface area contributed by atoms with Crippen molar-refractivity contribution in [1.29, 1.82) is 0 Å². The Morgan fingerprint density at radius 1 is 1.04 bits per heavy atom. The highest BCUT2D eigenvalue weighted by atomic mass is 35.5. The van der Waals surface area contributed by atoms with Crippen LogP contribution in [0.4, 0.5) is 17.3 Å². The number of hydrogen-bond acceptors (Lipinski definition) is 6. The number of carbonyl (C=O) groups excluding carboxylic acids is 1. The Morgan fingerprint density at radius 3 is 2.43 bits per heavy atom. The molecule has 0 aliphatic rings. The fourth-order valence-electron chi connectivity index (χ4n) is 2.41. The molecule has 1 amide bonds. The minimum atomic E-state index is -0.353. The molecule has 0 fully saturated rings. The molecule has 0 radical (unpaired) electrons. The predicted octanol–water partition coefficient (Wildman–Crippen LogP) is 4.45. The van der Waals surface area contributed by atoms with E-state index in [-0.39, 0.29) is 5.91 Å². The van der Waals surface area contributed by atoms with E-state index in [1.807, 2.05) is 19.1 Å². The van der Waals surface area contributed by atoms with Gasteiger partial charge in [0.15, 0.2) is 0 Å². The maximum atomic E-state index is 12.5. The molecule has 28 heavy (non-hydrogen) atoms. The third-order valence-electron chi connectivity index (χ3n) is 4.00. The molecule has 2 N–H and O–H groups in total. The molecule has 1 aromatic heterocycles. The van der Waals surface area contributed by atoms with Gasteiger partial charge in [-0.3, -0.25) is 4.79 Å². The van der Waals surface area contributed by atoms with Crippen molar-refractivity contribution in [2.24, 2.45) is 0 Å². The third-order valence-corrected chi connectivity index (χ3v) is 4.41. The number of aromatic nitrogens is 2. The molecule has 0 unspecified atom stereocenters. The Morgan fingerprint density at radius 2 is 1.79 bits per heavy atom. The number of amides is 1. The van der Waals surface area contributed by atoms with Crippen LogP contribution in [0.25, 0.3) is 0 Å². The number of carbonyl (C=O) groups is 1. The van der Waals surface area contributed by atoms with Crippen molar-refractivity contribution in [2.75, 3.05) is 24.9 Å². The van der Waals surface area contributed by atoms with Crippen molar-refractivity contribution in [3.8, 4) is 11.5 Å². The van der Waals surface area contributed by atoms with Gasteiger partial charge in [-0.1, -0.05) is 17.7 Å². The summed E-state index contributed by atoms with van der Waals surface area (Å²) in [5.41, 5.74) is 2.57. The molecule has 0 aliphatic heterocycles. The molecule has 1 heterocycles. The van der Waals surface area contributed by atoms with Crippen LogP contribution < -0.4 is 20.1 Å². The maximum Gasteiger partial charge on any atom is 0.258 e. The fourth-order valence-corrected chi connectivity index (χ4v) is 2.59. The SMILES string of the molecule is COc1ccc(NC(=O)c2cnc(Nc3ccc(C)c(Cl)c3)nc2)c(OC)c1. The van der Waals surface area contributed by atoms with Crippen LogP contribution in [0.5, 0.6) is 11.5 Å². The number of nitrogens with one attached hydrogen (secondary N) is 2. The molecule has 0 atom stereocenters. The maximum absolute atomic E-state index is 12.5. The molecule has 3 rings (SSSR count). The lowest BCUT2D eigenvalue weighted by Crippen LogP contribution is -2.13. The number of methoxy groups -OCH3 is 2. The number of hydrogen-bond donors (Lipinski definition) is 2. The van der Waals surface area contributed by atoms with Crippen LogP contribution in [-0.2, 0) is 0 Å². The number of halogens is 1. The lowest BCUT2D eigenvalue weighted by Gasteiger charge is -2.11. The van der Waals surface area contributed by atoms with Gasteiger partial charge in [-0.05, 0) is 36.8 Å². The van der Waals surface area contributed by atoms with E-state index in [0.717, 1.165) is 11.3 Å². The molecule has 0 aliphatic carbocycles. The molecule has 2 aromatic carbocycles. The number of ether oxygens (including phenoxy) is 2. The van der Waals surface area contributed by atoms with E-state index in [1.165, 1.54) is 19.5 Å². The van der Waals surface area contributed by atoms with E-state index < -0.39 is 0 Å². The molecular formula is C20H19ClN4O3. The number of benzene rings is 2. The van der Waals surface area contributed by atoms with E-state index in [1.54, 1.807) is 31.4 Å². The molecule has 8 heteroatoms. The standard InChI is InChI=1S/C20H19ClN4O3/c1-12-4-5-14(8-16(12)21)24-20-22-10-13(11-23-20)19(26)25-17-7-6-15(27-2)9-18(17)28-3/h4-11H,1-3H3,(H,25,26)(H,22,23,24). The average Bonchev–Trinajstić information content (AvgIpc) is 2.71. The molecule has 0 bridgehead atoms. The van der Waals surface area contributed by atoms with Gasteiger partial charge in [0.05, 0.1) is 25.5 Å². The molecule has 3 aromatic rings. The Bertz CT molecular complexity index is 993. The Labute approximate surface area is 167 Å². The average molecular weight is 399 g/mol. The molecule has 7 nitrogen and oxygen atoms in total. The highest BCUT2D eigenvalue weighted by Crippen LogP contribution is 2.29. The summed E-state index contributed by atoms with van der Waals surface area (Å²) in [4.78, 5) is 20.8. The van der Waals surface area contributed by atoms with Crippen LogP contribution >= 0.6 is 11.6 Å². The van der Waals surface area contributed by atoms with Gasteiger partial charge in [0, 0.05) is 29.2 Å². The summed E-state index contributed by atoms with van der Waals surface area (Å²) in [5, 5.41) is 6.47. The van der Waals surface area contributed by atoms with Gasteiger partial charge >= 0.3 is 0 Å². The highest BCUT2D eigenvalue weighted by molar-refractivity contribution is 6.31. The van der Waals surface area contributed by atoms with Gasteiger partial charge in [-0.25, -0.2) is 9.97 Å². The minimum absolute atomic E-state index is 0.311. The van der Waals surface area contributed by atoms with Gasteiger partial charge in [0.2, 0.25) is 5.95 Å². The van der Waals surface area contributed by atoms with E-state index in [2.05, 4.69) is 20.6 Å². The lowest BCUT2D eigenvalue weighted by atomic mass is 10.2. The van der Waals surface area contributed by atoms with Gasteiger partial charge in [-0.2, -0.15) is 0 Å². The van der Waals surface area contributed by atoms with Crippen molar-refractivity contribution < 1.29 is 14.3 Å². The monoisotopic (exact) mass is 398 g/mol. The number of rotatable bonds is 6. The van der Waals surface area contributed by atoms with Crippen LogP contribution in [-0.4, -0.2) is 30.1 Å². The van der Waals surface area contributed by atoms with Crippen molar-refractivity contribution in [2.45, 2.75) is 6.92 Å². The third kappa shape index (κ3) is 4.50. The van der Waals surface area contributed by atoms with Crippen LogP contribution in [0, 0.1) is 6.92 Å². The normalized spacial score (nSPS) is 10.3. The molecule has 0 saturated carbocycles. The van der Waals surface area contributed by atoms with Gasteiger partial charge in [0.25, 0.3) is 5.91 Å². The number of aryl methyl sites for hydroxylation is 1. The van der Waals surface area contributed by atoms with E-state index in [4.69, 9.17) is 21.1 Å². The summed E-state index contributed by atoms with van der Waals surface area (Å²) in [6.45, 7) is 1.92. The minimum Gasteiger partial charge on any atom is -0.497 e. The van der Waals surface area contributed by atoms with Crippen molar-refractivity contribution >= 4 is 34.8 Å².